The first-order valence-electron chi connectivity index (χ1n) is 16.6. The predicted molar refractivity (Wildman–Crippen MR) is 161 cm³/mol. The number of halogens is 1. The summed E-state index contributed by atoms with van der Waals surface area (Å²) in [7, 11) is -3.35. The lowest BCUT2D eigenvalue weighted by Crippen LogP contribution is -2.11. The second-order valence-corrected chi connectivity index (χ2v) is 13.1. The van der Waals surface area contributed by atoms with Crippen molar-refractivity contribution in [2.75, 3.05) is 19.0 Å². The molecule has 0 saturated heterocycles. The van der Waals surface area contributed by atoms with Gasteiger partial charge >= 0.3 is 0 Å². The van der Waals surface area contributed by atoms with Gasteiger partial charge in [0.25, 0.3) is 10.1 Å². The molecular weight excluding hydrogens is 483 g/mol. The van der Waals surface area contributed by atoms with Crippen LogP contribution in [0.3, 0.4) is 0 Å². The van der Waals surface area contributed by atoms with Crippen LogP contribution in [0.1, 0.15) is 187 Å². The highest BCUT2D eigenvalue weighted by Gasteiger charge is 2.10. The number of hydrogen-bond donors (Lipinski definition) is 0. The standard InChI is InChI=1S/C32H65FO3S/c1-2-3-4-5-6-7-8-9-10-11-12-13-14-15-16-19-22-25-28-31-36-37(34,35)32-29-26-23-20-17-18-21-24-27-30-33/h2-32H2,1H3. The molecule has 0 unspecified atom stereocenters. The first-order chi connectivity index (χ1) is 18.1. The molecule has 0 aliphatic carbocycles. The van der Waals surface area contributed by atoms with Gasteiger partial charge in [-0.05, 0) is 19.3 Å². The lowest BCUT2D eigenvalue weighted by atomic mass is 10.0. The molecule has 0 saturated carbocycles. The molecular formula is C32H65FO3S. The zero-order valence-electron chi connectivity index (χ0n) is 24.9. The third kappa shape index (κ3) is 32.0. The highest BCUT2D eigenvalue weighted by Crippen LogP contribution is 2.15. The molecule has 37 heavy (non-hydrogen) atoms. The normalized spacial score (nSPS) is 11.9. The fourth-order valence-electron chi connectivity index (χ4n) is 5.04. The summed E-state index contributed by atoms with van der Waals surface area (Å²) in [4.78, 5) is 0. The van der Waals surface area contributed by atoms with Crippen LogP contribution in [0.2, 0.25) is 0 Å². The average Bonchev–Trinajstić information content (AvgIpc) is 2.88. The Bertz CT molecular complexity index is 524. The molecule has 224 valence electrons. The van der Waals surface area contributed by atoms with Crippen LogP contribution in [0.15, 0.2) is 0 Å². The van der Waals surface area contributed by atoms with Gasteiger partial charge in [0.05, 0.1) is 19.0 Å². The van der Waals surface area contributed by atoms with Crippen LogP contribution in [0.4, 0.5) is 4.39 Å². The van der Waals surface area contributed by atoms with Crippen LogP contribution in [0, 0.1) is 0 Å². The van der Waals surface area contributed by atoms with Gasteiger partial charge in [0.15, 0.2) is 0 Å². The van der Waals surface area contributed by atoms with Crippen LogP contribution in [0.5, 0.6) is 0 Å². The van der Waals surface area contributed by atoms with E-state index in [4.69, 9.17) is 4.18 Å². The third-order valence-electron chi connectivity index (χ3n) is 7.54. The van der Waals surface area contributed by atoms with Crippen molar-refractivity contribution < 1.29 is 17.0 Å². The summed E-state index contributed by atoms with van der Waals surface area (Å²) < 4.78 is 41.2. The monoisotopic (exact) mass is 548 g/mol. The van der Waals surface area contributed by atoms with Crippen molar-refractivity contribution in [3.8, 4) is 0 Å². The van der Waals surface area contributed by atoms with E-state index in [1.54, 1.807) is 0 Å². The van der Waals surface area contributed by atoms with Crippen LogP contribution >= 0.6 is 0 Å². The lowest BCUT2D eigenvalue weighted by Gasteiger charge is -2.06. The quantitative estimate of drug-likeness (QED) is 0.0620. The minimum absolute atomic E-state index is 0.155. The fourth-order valence-corrected chi connectivity index (χ4v) is 6.08. The van der Waals surface area contributed by atoms with Crippen molar-refractivity contribution >= 4 is 10.1 Å². The molecule has 0 aliphatic heterocycles. The van der Waals surface area contributed by atoms with Crippen molar-refractivity contribution in [2.24, 2.45) is 0 Å². The molecule has 3 nitrogen and oxygen atoms in total. The van der Waals surface area contributed by atoms with Crippen molar-refractivity contribution in [2.45, 2.75) is 187 Å². The van der Waals surface area contributed by atoms with Gasteiger partial charge in [0.1, 0.15) is 0 Å². The minimum Gasteiger partial charge on any atom is -0.270 e. The van der Waals surface area contributed by atoms with Gasteiger partial charge in [-0.2, -0.15) is 8.42 Å². The van der Waals surface area contributed by atoms with Gasteiger partial charge in [0.2, 0.25) is 0 Å². The molecule has 0 fully saturated rings. The SMILES string of the molecule is CCCCCCCCCCCCCCCCCCCCCOS(=O)(=O)CCCCCCCCCCCF. The Kier molecular flexibility index (Phi) is 30.3. The molecule has 0 aromatic carbocycles. The summed E-state index contributed by atoms with van der Waals surface area (Å²) in [6.45, 7) is 2.43. The Labute approximate surface area is 232 Å². The summed E-state index contributed by atoms with van der Waals surface area (Å²) >= 11 is 0. The van der Waals surface area contributed by atoms with Gasteiger partial charge in [-0.1, -0.05) is 167 Å². The maximum atomic E-state index is 12.0. The highest BCUT2D eigenvalue weighted by atomic mass is 32.2. The fraction of sp³-hybridized carbons (Fsp3) is 1.00. The van der Waals surface area contributed by atoms with Crippen molar-refractivity contribution in [3.63, 3.8) is 0 Å². The van der Waals surface area contributed by atoms with Gasteiger partial charge < -0.3 is 0 Å². The molecule has 0 amide bonds. The van der Waals surface area contributed by atoms with E-state index in [9.17, 15) is 12.8 Å². The van der Waals surface area contributed by atoms with Crippen molar-refractivity contribution in [1.82, 2.24) is 0 Å². The second kappa shape index (κ2) is 30.4. The zero-order valence-corrected chi connectivity index (χ0v) is 25.7. The minimum atomic E-state index is -3.35. The van der Waals surface area contributed by atoms with Gasteiger partial charge in [0, 0.05) is 0 Å². The third-order valence-corrected chi connectivity index (χ3v) is 8.85. The summed E-state index contributed by atoms with van der Waals surface area (Å²) in [6, 6.07) is 0. The molecule has 0 aromatic rings. The molecule has 0 N–H and O–H groups in total. The van der Waals surface area contributed by atoms with E-state index in [1.807, 2.05) is 0 Å². The number of hydrogen-bond acceptors (Lipinski definition) is 3. The first kappa shape index (κ1) is 36.8. The summed E-state index contributed by atoms with van der Waals surface area (Å²) in [6.07, 6.45) is 34.5. The van der Waals surface area contributed by atoms with Crippen molar-refractivity contribution in [1.29, 1.82) is 0 Å². The molecule has 5 heteroatoms. The summed E-state index contributed by atoms with van der Waals surface area (Å²) in [5.74, 6) is 0.155. The molecule has 0 aliphatic rings. The second-order valence-electron chi connectivity index (χ2n) is 11.3. The predicted octanol–water partition coefficient (Wildman–Crippen LogP) is 11.2. The van der Waals surface area contributed by atoms with Gasteiger partial charge in [-0.3, -0.25) is 8.57 Å². The Balaban J connectivity index is 3.25. The van der Waals surface area contributed by atoms with E-state index in [1.165, 1.54) is 122 Å². The van der Waals surface area contributed by atoms with E-state index in [0.717, 1.165) is 44.9 Å². The number of rotatable bonds is 32. The largest absolute Gasteiger partial charge is 0.270 e. The topological polar surface area (TPSA) is 43.4 Å². The number of unbranched alkanes of at least 4 members (excludes halogenated alkanes) is 26. The van der Waals surface area contributed by atoms with Gasteiger partial charge in [-0.15, -0.1) is 0 Å². The molecule has 0 aromatic heterocycles. The van der Waals surface area contributed by atoms with E-state index >= 15 is 0 Å². The molecule has 0 bridgehead atoms. The first-order valence-corrected chi connectivity index (χ1v) is 18.1. The van der Waals surface area contributed by atoms with Crippen molar-refractivity contribution in [3.05, 3.63) is 0 Å². The smallest absolute Gasteiger partial charge is 0.267 e. The highest BCUT2D eigenvalue weighted by molar-refractivity contribution is 7.86. The van der Waals surface area contributed by atoms with Gasteiger partial charge in [-0.25, -0.2) is 0 Å². The Morgan fingerprint density at radius 2 is 0.730 bits per heavy atom. The Morgan fingerprint density at radius 3 is 1.08 bits per heavy atom. The maximum Gasteiger partial charge on any atom is 0.267 e. The molecule has 0 radical (unpaired) electrons. The lowest BCUT2D eigenvalue weighted by molar-refractivity contribution is 0.305. The Morgan fingerprint density at radius 1 is 0.432 bits per heavy atom. The van der Waals surface area contributed by atoms with E-state index in [2.05, 4.69) is 6.92 Å². The van der Waals surface area contributed by atoms with Crippen LogP contribution < -0.4 is 0 Å². The van der Waals surface area contributed by atoms with E-state index < -0.39 is 10.1 Å². The average molecular weight is 549 g/mol. The number of alkyl halides is 1. The molecule has 0 heterocycles. The zero-order chi connectivity index (χ0) is 27.1. The maximum absolute atomic E-state index is 12.0. The van der Waals surface area contributed by atoms with Crippen LogP contribution in [0.25, 0.3) is 0 Å². The van der Waals surface area contributed by atoms with E-state index in [0.29, 0.717) is 19.4 Å². The Hall–Kier alpha value is -0.160. The van der Waals surface area contributed by atoms with Crippen LogP contribution in [-0.2, 0) is 14.3 Å². The van der Waals surface area contributed by atoms with Crippen LogP contribution in [-0.4, -0.2) is 27.5 Å². The summed E-state index contributed by atoms with van der Waals surface area (Å²) in [5, 5.41) is 0. The molecule has 0 spiro atoms. The summed E-state index contributed by atoms with van der Waals surface area (Å²) in [5.41, 5.74) is 0. The molecule has 0 rings (SSSR count). The molecule has 0 atom stereocenters. The van der Waals surface area contributed by atoms with E-state index in [-0.39, 0.29) is 12.4 Å².